The van der Waals surface area contributed by atoms with E-state index in [1.54, 1.807) is 18.6 Å². The zero-order valence-electron chi connectivity index (χ0n) is 16.9. The molecule has 1 N–H and O–H groups in total. The van der Waals surface area contributed by atoms with Crippen LogP contribution >= 0.6 is 0 Å². The number of hydrogen-bond acceptors (Lipinski definition) is 4. The summed E-state index contributed by atoms with van der Waals surface area (Å²) < 4.78 is 1.87. The molecule has 6 rings (SSSR count). The maximum atomic E-state index is 13.6. The van der Waals surface area contributed by atoms with Crippen molar-refractivity contribution in [2.75, 3.05) is 0 Å². The van der Waals surface area contributed by atoms with Crippen molar-refractivity contribution in [2.45, 2.75) is 56.4 Å². The minimum atomic E-state index is -0.304. The molecule has 2 atom stereocenters. The van der Waals surface area contributed by atoms with Crippen LogP contribution in [0, 0.1) is 5.92 Å². The van der Waals surface area contributed by atoms with Crippen LogP contribution in [0.15, 0.2) is 48.9 Å². The number of nitrogens with one attached hydrogen (secondary N) is 1. The van der Waals surface area contributed by atoms with Gasteiger partial charge in [0.15, 0.2) is 11.5 Å². The number of benzene rings is 1. The lowest BCUT2D eigenvalue weighted by Crippen LogP contribution is -2.47. The maximum absolute atomic E-state index is 13.6. The Morgan fingerprint density at radius 1 is 1.10 bits per heavy atom. The summed E-state index contributed by atoms with van der Waals surface area (Å²) in [4.78, 5) is 22.2. The highest BCUT2D eigenvalue weighted by Crippen LogP contribution is 2.57. The molecule has 0 bridgehead atoms. The molecular formula is C24H25N5O. The molecule has 3 aliphatic rings. The number of amides is 1. The fourth-order valence-corrected chi connectivity index (χ4v) is 5.55. The Morgan fingerprint density at radius 3 is 2.70 bits per heavy atom. The predicted octanol–water partition coefficient (Wildman–Crippen LogP) is 3.91. The van der Waals surface area contributed by atoms with Gasteiger partial charge in [-0.1, -0.05) is 49.6 Å². The normalized spacial score (nSPS) is 23.5. The summed E-state index contributed by atoms with van der Waals surface area (Å²) >= 11 is 0. The molecule has 1 amide bonds. The summed E-state index contributed by atoms with van der Waals surface area (Å²) in [7, 11) is 0. The van der Waals surface area contributed by atoms with E-state index in [-0.39, 0.29) is 11.4 Å². The van der Waals surface area contributed by atoms with Crippen molar-refractivity contribution in [1.29, 1.82) is 0 Å². The fraction of sp³-hybridized carbons (Fsp3) is 0.417. The van der Waals surface area contributed by atoms with Gasteiger partial charge in [0, 0.05) is 23.9 Å². The second-order valence-corrected chi connectivity index (χ2v) is 8.96. The second kappa shape index (κ2) is 6.76. The van der Waals surface area contributed by atoms with Crippen LogP contribution in [0.3, 0.4) is 0 Å². The number of carbonyl (C=O) groups is 1. The Morgan fingerprint density at radius 2 is 1.93 bits per heavy atom. The number of rotatable bonds is 4. The smallest absolute Gasteiger partial charge is 0.272 e. The molecule has 0 spiro atoms. The number of carbonyl (C=O) groups excluding carboxylic acids is 1. The van der Waals surface area contributed by atoms with Crippen molar-refractivity contribution in [3.8, 4) is 5.82 Å². The number of fused-ring (bicyclic) bond motifs is 3. The van der Waals surface area contributed by atoms with E-state index in [1.807, 2.05) is 10.7 Å². The summed E-state index contributed by atoms with van der Waals surface area (Å²) in [5.41, 5.74) is 3.75. The lowest BCUT2D eigenvalue weighted by molar-refractivity contribution is 0.0859. The Bertz CT molecular complexity index is 1090. The molecule has 0 saturated heterocycles. The number of nitrogens with zero attached hydrogens (tertiary/aromatic N) is 4. The largest absolute Gasteiger partial charge is 0.341 e. The minimum Gasteiger partial charge on any atom is -0.341 e. The van der Waals surface area contributed by atoms with E-state index in [1.165, 1.54) is 24.1 Å². The average molecular weight is 399 g/mol. The van der Waals surface area contributed by atoms with Crippen molar-refractivity contribution < 1.29 is 4.79 Å². The monoisotopic (exact) mass is 399 g/mol. The van der Waals surface area contributed by atoms with Gasteiger partial charge in [-0.2, -0.15) is 5.10 Å². The van der Waals surface area contributed by atoms with Crippen LogP contribution in [0.2, 0.25) is 0 Å². The summed E-state index contributed by atoms with van der Waals surface area (Å²) in [6.45, 7) is 0. The maximum Gasteiger partial charge on any atom is 0.272 e. The van der Waals surface area contributed by atoms with Crippen LogP contribution in [0.1, 0.15) is 71.8 Å². The van der Waals surface area contributed by atoms with Crippen molar-refractivity contribution >= 4 is 5.91 Å². The number of hydrogen-bond donors (Lipinski definition) is 1. The van der Waals surface area contributed by atoms with Gasteiger partial charge in [0.05, 0.1) is 17.4 Å². The highest BCUT2D eigenvalue weighted by Gasteiger charge is 2.50. The molecule has 3 aliphatic carbocycles. The molecule has 3 aromatic rings. The second-order valence-electron chi connectivity index (χ2n) is 8.96. The topological polar surface area (TPSA) is 72.7 Å². The molecule has 6 nitrogen and oxygen atoms in total. The van der Waals surface area contributed by atoms with Crippen LogP contribution in [0.25, 0.3) is 5.82 Å². The Kier molecular flexibility index (Phi) is 4.01. The molecule has 30 heavy (non-hydrogen) atoms. The first kappa shape index (κ1) is 17.8. The van der Waals surface area contributed by atoms with Crippen LogP contribution in [0.4, 0.5) is 0 Å². The van der Waals surface area contributed by atoms with Crippen LogP contribution < -0.4 is 5.32 Å². The highest BCUT2D eigenvalue weighted by atomic mass is 16.2. The number of aromatic nitrogens is 4. The summed E-state index contributed by atoms with van der Waals surface area (Å²) in [5, 5.41) is 8.21. The van der Waals surface area contributed by atoms with Crippen molar-refractivity contribution in [2.24, 2.45) is 5.92 Å². The molecule has 0 aliphatic heterocycles. The van der Waals surface area contributed by atoms with Gasteiger partial charge in [-0.05, 0) is 37.2 Å². The molecule has 2 fully saturated rings. The molecule has 2 heterocycles. The minimum absolute atomic E-state index is 0.0547. The van der Waals surface area contributed by atoms with Gasteiger partial charge in [-0.25, -0.2) is 9.67 Å². The van der Waals surface area contributed by atoms with Gasteiger partial charge in [0.2, 0.25) is 0 Å². The van der Waals surface area contributed by atoms with Crippen LogP contribution in [-0.2, 0) is 12.0 Å². The fourth-order valence-electron chi connectivity index (χ4n) is 5.55. The molecule has 0 unspecified atom stereocenters. The van der Waals surface area contributed by atoms with E-state index in [0.29, 0.717) is 23.3 Å². The van der Waals surface area contributed by atoms with E-state index in [2.05, 4.69) is 39.6 Å². The van der Waals surface area contributed by atoms with Crippen LogP contribution in [0.5, 0.6) is 0 Å². The van der Waals surface area contributed by atoms with Crippen molar-refractivity contribution in [1.82, 2.24) is 25.1 Å². The molecule has 6 heteroatoms. The Balaban J connectivity index is 1.38. The van der Waals surface area contributed by atoms with Gasteiger partial charge in [-0.3, -0.25) is 9.78 Å². The van der Waals surface area contributed by atoms with E-state index in [4.69, 9.17) is 5.10 Å². The third kappa shape index (κ3) is 2.77. The summed E-state index contributed by atoms with van der Waals surface area (Å²) in [5.74, 6) is 1.80. The average Bonchev–Trinajstić information content (AvgIpc) is 3.30. The van der Waals surface area contributed by atoms with Gasteiger partial charge in [0.25, 0.3) is 5.91 Å². The molecule has 152 valence electrons. The highest BCUT2D eigenvalue weighted by molar-refractivity contribution is 5.95. The Labute approximate surface area is 175 Å². The third-order valence-corrected chi connectivity index (χ3v) is 7.13. The first-order chi connectivity index (χ1) is 14.8. The third-order valence-electron chi connectivity index (χ3n) is 7.13. The summed E-state index contributed by atoms with van der Waals surface area (Å²) in [6.07, 6.45) is 12.6. The first-order valence-corrected chi connectivity index (χ1v) is 11.0. The lowest BCUT2D eigenvalue weighted by Gasteiger charge is -2.38. The quantitative estimate of drug-likeness (QED) is 0.722. The SMILES string of the molecule is O=C(NC1(c2ccccc2)CCCCC1)c1nn(-c2cnccn2)c2c1C[C@H]1C[C@@H]21. The molecular weight excluding hydrogens is 374 g/mol. The van der Waals surface area contributed by atoms with Gasteiger partial charge in [-0.15, -0.1) is 0 Å². The van der Waals surface area contributed by atoms with E-state index in [9.17, 15) is 4.79 Å². The standard InChI is InChI=1S/C24H25N5O/c30-23(27-24(9-5-2-6-10-24)17-7-3-1-4-8-17)21-19-14-16-13-18(16)22(19)29(28-21)20-15-25-11-12-26-20/h1,3-4,7-8,11-12,15-16,18H,2,5-6,9-10,13-14H2,(H,27,30)/t16-,18-/m1/s1. The van der Waals surface area contributed by atoms with E-state index < -0.39 is 0 Å². The predicted molar refractivity (Wildman–Crippen MR) is 112 cm³/mol. The van der Waals surface area contributed by atoms with Crippen molar-refractivity contribution in [3.05, 3.63) is 71.4 Å². The van der Waals surface area contributed by atoms with Gasteiger partial charge < -0.3 is 5.32 Å². The van der Waals surface area contributed by atoms with Gasteiger partial charge >= 0.3 is 0 Å². The van der Waals surface area contributed by atoms with E-state index in [0.717, 1.165) is 37.7 Å². The van der Waals surface area contributed by atoms with Crippen molar-refractivity contribution in [3.63, 3.8) is 0 Å². The molecule has 2 aromatic heterocycles. The zero-order valence-corrected chi connectivity index (χ0v) is 16.9. The molecule has 2 saturated carbocycles. The summed E-state index contributed by atoms with van der Waals surface area (Å²) in [6, 6.07) is 10.4. The van der Waals surface area contributed by atoms with Gasteiger partial charge in [0.1, 0.15) is 0 Å². The first-order valence-electron chi connectivity index (χ1n) is 11.0. The van der Waals surface area contributed by atoms with E-state index >= 15 is 0 Å². The zero-order chi connectivity index (χ0) is 20.1. The molecule has 1 aromatic carbocycles. The van der Waals surface area contributed by atoms with Crippen LogP contribution in [-0.4, -0.2) is 25.7 Å². The molecule has 0 radical (unpaired) electrons. The lowest BCUT2D eigenvalue weighted by atomic mass is 9.76. The Hall–Kier alpha value is -3.02.